The smallest absolute Gasteiger partial charge is 0.302 e. The molecule has 0 aromatic heterocycles. The van der Waals surface area contributed by atoms with Gasteiger partial charge in [0, 0.05) is 13.3 Å². The molecule has 0 fully saturated rings. The minimum absolute atomic E-state index is 0.253. The SMILES string of the molecule is CC(=O)OCCc1ccc(F)cc1. The predicted octanol–water partition coefficient (Wildman–Crippen LogP) is 1.93. The molecule has 0 unspecified atom stereocenters. The highest BCUT2D eigenvalue weighted by Gasteiger charge is 1.95. The Morgan fingerprint density at radius 2 is 2.00 bits per heavy atom. The molecule has 0 amide bonds. The van der Waals surface area contributed by atoms with Gasteiger partial charge in [0.2, 0.25) is 0 Å². The van der Waals surface area contributed by atoms with E-state index in [2.05, 4.69) is 0 Å². The van der Waals surface area contributed by atoms with Gasteiger partial charge in [0.05, 0.1) is 6.61 Å². The highest BCUT2D eigenvalue weighted by molar-refractivity contribution is 5.65. The molecule has 13 heavy (non-hydrogen) atoms. The molecule has 0 aliphatic heterocycles. The Kier molecular flexibility index (Phi) is 3.43. The average Bonchev–Trinajstić information content (AvgIpc) is 2.08. The number of hydrogen-bond donors (Lipinski definition) is 0. The van der Waals surface area contributed by atoms with Gasteiger partial charge in [0.15, 0.2) is 0 Å². The van der Waals surface area contributed by atoms with Gasteiger partial charge in [-0.05, 0) is 17.7 Å². The molecule has 0 N–H and O–H groups in total. The molecule has 1 rings (SSSR count). The van der Waals surface area contributed by atoms with Crippen LogP contribution >= 0.6 is 0 Å². The number of halogens is 1. The summed E-state index contributed by atoms with van der Waals surface area (Å²) in [5.41, 5.74) is 0.961. The molecule has 1 aromatic carbocycles. The number of rotatable bonds is 3. The third-order valence-electron chi connectivity index (χ3n) is 1.61. The minimum Gasteiger partial charge on any atom is -0.466 e. The van der Waals surface area contributed by atoms with E-state index in [1.165, 1.54) is 19.1 Å². The second-order valence-electron chi connectivity index (χ2n) is 2.72. The number of hydrogen-bond acceptors (Lipinski definition) is 2. The lowest BCUT2D eigenvalue weighted by Crippen LogP contribution is -2.03. The van der Waals surface area contributed by atoms with Crippen molar-refractivity contribution >= 4 is 5.97 Å². The first-order valence-corrected chi connectivity index (χ1v) is 4.06. The molecule has 70 valence electrons. The lowest BCUT2D eigenvalue weighted by molar-refractivity contribution is -0.140. The fourth-order valence-electron chi connectivity index (χ4n) is 0.964. The number of benzene rings is 1. The molecule has 0 bridgehead atoms. The predicted molar refractivity (Wildman–Crippen MR) is 46.7 cm³/mol. The number of carbonyl (C=O) groups excluding carboxylic acids is 1. The maximum atomic E-state index is 12.5. The molecule has 0 heterocycles. The van der Waals surface area contributed by atoms with Crippen LogP contribution in [0.3, 0.4) is 0 Å². The summed E-state index contributed by atoms with van der Waals surface area (Å²) in [6, 6.07) is 6.14. The maximum Gasteiger partial charge on any atom is 0.302 e. The lowest BCUT2D eigenvalue weighted by atomic mass is 10.2. The van der Waals surface area contributed by atoms with E-state index in [1.54, 1.807) is 12.1 Å². The van der Waals surface area contributed by atoms with Gasteiger partial charge in [-0.15, -0.1) is 0 Å². The van der Waals surface area contributed by atoms with E-state index in [4.69, 9.17) is 4.74 Å². The third kappa shape index (κ3) is 3.69. The van der Waals surface area contributed by atoms with Gasteiger partial charge >= 0.3 is 5.97 Å². The quantitative estimate of drug-likeness (QED) is 0.667. The largest absolute Gasteiger partial charge is 0.466 e. The van der Waals surface area contributed by atoms with Crippen LogP contribution in [0.4, 0.5) is 4.39 Å². The average molecular weight is 182 g/mol. The molecule has 0 atom stereocenters. The van der Waals surface area contributed by atoms with E-state index >= 15 is 0 Å². The van der Waals surface area contributed by atoms with Crippen molar-refractivity contribution in [1.82, 2.24) is 0 Å². The molecule has 1 aromatic rings. The van der Waals surface area contributed by atoms with Crippen LogP contribution in [-0.2, 0) is 16.0 Å². The van der Waals surface area contributed by atoms with Gasteiger partial charge in [0.1, 0.15) is 5.82 Å². The van der Waals surface area contributed by atoms with Crippen LogP contribution < -0.4 is 0 Å². The Balaban J connectivity index is 2.37. The van der Waals surface area contributed by atoms with Crippen molar-refractivity contribution in [2.45, 2.75) is 13.3 Å². The fourth-order valence-corrected chi connectivity index (χ4v) is 0.964. The summed E-state index contributed by atoms with van der Waals surface area (Å²) in [5.74, 6) is -0.543. The summed E-state index contributed by atoms with van der Waals surface area (Å²) >= 11 is 0. The van der Waals surface area contributed by atoms with Crippen molar-refractivity contribution in [3.8, 4) is 0 Å². The van der Waals surface area contributed by atoms with Crippen LogP contribution in [0.25, 0.3) is 0 Å². The van der Waals surface area contributed by atoms with Gasteiger partial charge in [0.25, 0.3) is 0 Å². The summed E-state index contributed by atoms with van der Waals surface area (Å²) in [5, 5.41) is 0. The summed E-state index contributed by atoms with van der Waals surface area (Å²) in [6.45, 7) is 1.71. The monoisotopic (exact) mass is 182 g/mol. The molecular weight excluding hydrogens is 171 g/mol. The second kappa shape index (κ2) is 4.60. The lowest BCUT2D eigenvalue weighted by Gasteiger charge is -2.01. The second-order valence-corrected chi connectivity index (χ2v) is 2.72. The Morgan fingerprint density at radius 1 is 1.38 bits per heavy atom. The zero-order chi connectivity index (χ0) is 9.68. The third-order valence-corrected chi connectivity index (χ3v) is 1.61. The minimum atomic E-state index is -0.290. The molecular formula is C10H11FO2. The van der Waals surface area contributed by atoms with Crippen LogP contribution in [0.5, 0.6) is 0 Å². The van der Waals surface area contributed by atoms with E-state index in [0.717, 1.165) is 5.56 Å². The van der Waals surface area contributed by atoms with Crippen LogP contribution in [0.15, 0.2) is 24.3 Å². The highest BCUT2D eigenvalue weighted by Crippen LogP contribution is 2.03. The van der Waals surface area contributed by atoms with E-state index in [-0.39, 0.29) is 11.8 Å². The molecule has 0 saturated heterocycles. The Bertz CT molecular complexity index is 279. The molecule has 0 saturated carbocycles. The summed E-state index contributed by atoms with van der Waals surface area (Å²) in [7, 11) is 0. The van der Waals surface area contributed by atoms with Gasteiger partial charge in [-0.25, -0.2) is 4.39 Å². The molecule has 2 nitrogen and oxygen atoms in total. The van der Waals surface area contributed by atoms with Crippen molar-refractivity contribution < 1.29 is 13.9 Å². The van der Waals surface area contributed by atoms with Crippen molar-refractivity contribution in [3.63, 3.8) is 0 Å². The standard InChI is InChI=1S/C10H11FO2/c1-8(12)13-7-6-9-2-4-10(11)5-3-9/h2-5H,6-7H2,1H3. The molecule has 3 heteroatoms. The zero-order valence-corrected chi connectivity index (χ0v) is 7.42. The van der Waals surface area contributed by atoms with Crippen molar-refractivity contribution in [1.29, 1.82) is 0 Å². The summed E-state index contributed by atoms with van der Waals surface area (Å²) < 4.78 is 17.2. The first kappa shape index (κ1) is 9.71. The number of carbonyl (C=O) groups is 1. The van der Waals surface area contributed by atoms with Gasteiger partial charge in [-0.1, -0.05) is 12.1 Å². The van der Waals surface area contributed by atoms with E-state index in [9.17, 15) is 9.18 Å². The summed E-state index contributed by atoms with van der Waals surface area (Å²) in [6.07, 6.45) is 0.625. The highest BCUT2D eigenvalue weighted by atomic mass is 19.1. The van der Waals surface area contributed by atoms with Crippen LogP contribution in [0.1, 0.15) is 12.5 Å². The van der Waals surface area contributed by atoms with E-state index in [0.29, 0.717) is 13.0 Å². The fraction of sp³-hybridized carbons (Fsp3) is 0.300. The molecule has 0 spiro atoms. The Labute approximate surface area is 76.3 Å². The molecule has 0 radical (unpaired) electrons. The van der Waals surface area contributed by atoms with Crippen molar-refractivity contribution in [2.24, 2.45) is 0 Å². The zero-order valence-electron chi connectivity index (χ0n) is 7.42. The maximum absolute atomic E-state index is 12.5. The van der Waals surface area contributed by atoms with Gasteiger partial charge in [-0.3, -0.25) is 4.79 Å². The first-order valence-electron chi connectivity index (χ1n) is 4.06. The number of esters is 1. The van der Waals surface area contributed by atoms with E-state index < -0.39 is 0 Å². The Morgan fingerprint density at radius 3 is 2.54 bits per heavy atom. The Hall–Kier alpha value is -1.38. The number of ether oxygens (including phenoxy) is 1. The van der Waals surface area contributed by atoms with Gasteiger partial charge < -0.3 is 4.74 Å². The molecule has 0 aliphatic rings. The van der Waals surface area contributed by atoms with Crippen LogP contribution in [0.2, 0.25) is 0 Å². The van der Waals surface area contributed by atoms with Crippen LogP contribution in [-0.4, -0.2) is 12.6 Å². The molecule has 0 aliphatic carbocycles. The van der Waals surface area contributed by atoms with Gasteiger partial charge in [-0.2, -0.15) is 0 Å². The normalized spacial score (nSPS) is 9.69. The summed E-state index contributed by atoms with van der Waals surface area (Å²) in [4.78, 5) is 10.4. The van der Waals surface area contributed by atoms with Crippen LogP contribution in [0, 0.1) is 5.82 Å². The van der Waals surface area contributed by atoms with E-state index in [1.807, 2.05) is 0 Å². The first-order chi connectivity index (χ1) is 6.18. The topological polar surface area (TPSA) is 26.3 Å². The van der Waals surface area contributed by atoms with Crippen molar-refractivity contribution in [3.05, 3.63) is 35.6 Å². The van der Waals surface area contributed by atoms with Crippen molar-refractivity contribution in [2.75, 3.05) is 6.61 Å².